The van der Waals surface area contributed by atoms with Crippen molar-refractivity contribution < 1.29 is 4.74 Å². The van der Waals surface area contributed by atoms with Gasteiger partial charge in [0.2, 0.25) is 0 Å². The molecule has 0 amide bonds. The summed E-state index contributed by atoms with van der Waals surface area (Å²) in [5.74, 6) is 0. The fourth-order valence-corrected chi connectivity index (χ4v) is 5.01. The van der Waals surface area contributed by atoms with Crippen LogP contribution in [0.1, 0.15) is 24.8 Å². The molecule has 0 saturated carbocycles. The summed E-state index contributed by atoms with van der Waals surface area (Å²) in [4.78, 5) is 7.71. The zero-order valence-electron chi connectivity index (χ0n) is 14.2. The van der Waals surface area contributed by atoms with E-state index in [1.165, 1.54) is 64.1 Å². The summed E-state index contributed by atoms with van der Waals surface area (Å²) in [6, 6.07) is 2.91. The standard InChI is InChI=1S/C18H29N3OS/c1-19-7-9-21(10-8-19)17-12-18(22-14-17)3-5-20(6-4-18)13-16-2-11-23-15-16/h2,11,15,17H,3-10,12-14H2,1H3/t17-/m0/s1. The van der Waals surface area contributed by atoms with Crippen LogP contribution in [0.25, 0.3) is 0 Å². The second-order valence-corrected chi connectivity index (χ2v) is 8.38. The predicted molar refractivity (Wildman–Crippen MR) is 95.0 cm³/mol. The average Bonchev–Trinajstić information content (AvgIpc) is 3.21. The fraction of sp³-hybridized carbons (Fsp3) is 0.778. The third-order valence-electron chi connectivity index (χ3n) is 6.00. The molecule has 3 aliphatic rings. The van der Waals surface area contributed by atoms with Crippen molar-refractivity contribution in [3.8, 4) is 0 Å². The number of likely N-dealkylation sites (tertiary alicyclic amines) is 1. The second-order valence-electron chi connectivity index (χ2n) is 7.60. The van der Waals surface area contributed by atoms with Crippen LogP contribution < -0.4 is 0 Å². The molecular formula is C18H29N3OS. The van der Waals surface area contributed by atoms with E-state index < -0.39 is 0 Å². The minimum atomic E-state index is 0.180. The van der Waals surface area contributed by atoms with Gasteiger partial charge in [-0.2, -0.15) is 11.3 Å². The quantitative estimate of drug-likeness (QED) is 0.842. The molecule has 0 unspecified atom stereocenters. The van der Waals surface area contributed by atoms with Gasteiger partial charge in [-0.05, 0) is 48.7 Å². The fourth-order valence-electron chi connectivity index (χ4n) is 4.35. The van der Waals surface area contributed by atoms with Crippen LogP contribution in [0.2, 0.25) is 0 Å². The molecule has 4 nitrogen and oxygen atoms in total. The van der Waals surface area contributed by atoms with E-state index in [9.17, 15) is 0 Å². The lowest BCUT2D eigenvalue weighted by Gasteiger charge is -2.40. The number of nitrogens with zero attached hydrogens (tertiary/aromatic N) is 3. The predicted octanol–water partition coefficient (Wildman–Crippen LogP) is 2.12. The summed E-state index contributed by atoms with van der Waals surface area (Å²) in [5.41, 5.74) is 1.65. The van der Waals surface area contributed by atoms with Crippen molar-refractivity contribution in [3.05, 3.63) is 22.4 Å². The Balaban J connectivity index is 1.28. The van der Waals surface area contributed by atoms with Crippen molar-refractivity contribution in [2.45, 2.75) is 37.5 Å². The third-order valence-corrected chi connectivity index (χ3v) is 6.73. The topological polar surface area (TPSA) is 19.0 Å². The van der Waals surface area contributed by atoms with Gasteiger partial charge in [0.15, 0.2) is 0 Å². The first-order valence-electron chi connectivity index (χ1n) is 9.02. The number of piperazine rings is 1. The highest BCUT2D eigenvalue weighted by Gasteiger charge is 2.44. The van der Waals surface area contributed by atoms with Gasteiger partial charge in [0, 0.05) is 51.9 Å². The molecule has 4 rings (SSSR count). The number of hydrogen-bond donors (Lipinski definition) is 0. The minimum Gasteiger partial charge on any atom is -0.373 e. The lowest BCUT2D eigenvalue weighted by molar-refractivity contribution is -0.0454. The van der Waals surface area contributed by atoms with Gasteiger partial charge in [-0.1, -0.05) is 0 Å². The van der Waals surface area contributed by atoms with E-state index in [4.69, 9.17) is 4.74 Å². The molecule has 23 heavy (non-hydrogen) atoms. The van der Waals surface area contributed by atoms with E-state index in [0.717, 1.165) is 13.2 Å². The number of piperidine rings is 1. The van der Waals surface area contributed by atoms with Crippen molar-refractivity contribution in [2.75, 3.05) is 52.9 Å². The number of likely N-dealkylation sites (N-methyl/N-ethyl adjacent to an activating group) is 1. The molecule has 3 aliphatic heterocycles. The molecule has 1 atom stereocenters. The maximum absolute atomic E-state index is 6.38. The summed E-state index contributed by atoms with van der Waals surface area (Å²) in [5, 5.41) is 4.46. The van der Waals surface area contributed by atoms with Gasteiger partial charge in [-0.15, -0.1) is 0 Å². The third kappa shape index (κ3) is 3.64. The van der Waals surface area contributed by atoms with E-state index in [1.807, 2.05) is 0 Å². The molecule has 3 fully saturated rings. The molecule has 1 aromatic heterocycles. The smallest absolute Gasteiger partial charge is 0.0723 e. The molecule has 0 aromatic carbocycles. The summed E-state index contributed by atoms with van der Waals surface area (Å²) < 4.78 is 6.38. The summed E-state index contributed by atoms with van der Waals surface area (Å²) >= 11 is 1.80. The first-order chi connectivity index (χ1) is 11.2. The van der Waals surface area contributed by atoms with Crippen LogP contribution in [0.3, 0.4) is 0 Å². The maximum Gasteiger partial charge on any atom is 0.0723 e. The van der Waals surface area contributed by atoms with Gasteiger partial charge in [-0.25, -0.2) is 0 Å². The van der Waals surface area contributed by atoms with E-state index in [1.54, 1.807) is 11.3 Å². The van der Waals surface area contributed by atoms with E-state index >= 15 is 0 Å². The van der Waals surface area contributed by atoms with Gasteiger partial charge in [0.1, 0.15) is 0 Å². The Bertz CT molecular complexity index is 490. The van der Waals surface area contributed by atoms with Crippen LogP contribution in [0, 0.1) is 0 Å². The van der Waals surface area contributed by atoms with Crippen molar-refractivity contribution in [1.82, 2.24) is 14.7 Å². The number of hydrogen-bond acceptors (Lipinski definition) is 5. The normalized spacial score (nSPS) is 30.2. The monoisotopic (exact) mass is 335 g/mol. The van der Waals surface area contributed by atoms with Crippen LogP contribution in [-0.2, 0) is 11.3 Å². The van der Waals surface area contributed by atoms with Crippen LogP contribution in [0.5, 0.6) is 0 Å². The Morgan fingerprint density at radius 3 is 2.65 bits per heavy atom. The lowest BCUT2D eigenvalue weighted by atomic mass is 9.87. The molecule has 0 bridgehead atoms. The van der Waals surface area contributed by atoms with Crippen molar-refractivity contribution in [3.63, 3.8) is 0 Å². The molecule has 0 N–H and O–H groups in total. The van der Waals surface area contributed by atoms with Crippen LogP contribution >= 0.6 is 11.3 Å². The Labute approximate surface area is 144 Å². The lowest BCUT2D eigenvalue weighted by Crippen LogP contribution is -2.50. The van der Waals surface area contributed by atoms with Gasteiger partial charge in [0.25, 0.3) is 0 Å². The molecule has 128 valence electrons. The summed E-state index contributed by atoms with van der Waals surface area (Å²) in [6.07, 6.45) is 3.67. The molecule has 4 heterocycles. The van der Waals surface area contributed by atoms with Gasteiger partial charge in [-0.3, -0.25) is 9.80 Å². The van der Waals surface area contributed by atoms with Gasteiger partial charge < -0.3 is 9.64 Å². The van der Waals surface area contributed by atoms with Crippen LogP contribution in [-0.4, -0.2) is 79.3 Å². The molecule has 0 aliphatic carbocycles. The zero-order valence-corrected chi connectivity index (χ0v) is 15.1. The minimum absolute atomic E-state index is 0.180. The molecule has 1 aromatic rings. The molecule has 5 heteroatoms. The van der Waals surface area contributed by atoms with Crippen LogP contribution in [0.15, 0.2) is 16.8 Å². The van der Waals surface area contributed by atoms with E-state index in [2.05, 4.69) is 38.6 Å². The summed E-state index contributed by atoms with van der Waals surface area (Å²) in [7, 11) is 2.23. The van der Waals surface area contributed by atoms with Gasteiger partial charge >= 0.3 is 0 Å². The molecular weight excluding hydrogens is 306 g/mol. The Hall–Kier alpha value is -0.460. The largest absolute Gasteiger partial charge is 0.373 e. The number of ether oxygens (including phenoxy) is 1. The molecule has 0 radical (unpaired) electrons. The molecule has 3 saturated heterocycles. The van der Waals surface area contributed by atoms with E-state index in [-0.39, 0.29) is 5.60 Å². The van der Waals surface area contributed by atoms with Crippen LogP contribution in [0.4, 0.5) is 0 Å². The highest BCUT2D eigenvalue weighted by molar-refractivity contribution is 7.07. The highest BCUT2D eigenvalue weighted by atomic mass is 32.1. The zero-order chi connectivity index (χ0) is 15.7. The maximum atomic E-state index is 6.38. The Morgan fingerprint density at radius 1 is 1.17 bits per heavy atom. The molecule has 1 spiro atoms. The Kier molecular flexibility index (Phi) is 4.74. The number of rotatable bonds is 3. The van der Waals surface area contributed by atoms with E-state index in [0.29, 0.717) is 6.04 Å². The SMILES string of the molecule is CN1CCN([C@@H]2COC3(CCN(Cc4ccsc4)CC3)C2)CC1. The van der Waals surface area contributed by atoms with Gasteiger partial charge in [0.05, 0.1) is 12.2 Å². The van der Waals surface area contributed by atoms with Crippen molar-refractivity contribution >= 4 is 11.3 Å². The summed E-state index contributed by atoms with van der Waals surface area (Å²) in [6.45, 7) is 9.28. The van der Waals surface area contributed by atoms with Crippen molar-refractivity contribution in [2.24, 2.45) is 0 Å². The van der Waals surface area contributed by atoms with Crippen molar-refractivity contribution in [1.29, 1.82) is 0 Å². The Morgan fingerprint density at radius 2 is 1.96 bits per heavy atom. The average molecular weight is 336 g/mol. The second kappa shape index (κ2) is 6.81. The first-order valence-corrected chi connectivity index (χ1v) is 9.97. The highest BCUT2D eigenvalue weighted by Crippen LogP contribution is 2.38. The number of thiophene rings is 1. The first kappa shape index (κ1) is 16.0.